The molecule has 10 heteroatoms. The molecule has 3 N–H and O–H groups in total. The van der Waals surface area contributed by atoms with Gasteiger partial charge in [0, 0.05) is 11.4 Å². The first-order valence-electron chi connectivity index (χ1n) is 11.6. The van der Waals surface area contributed by atoms with Crippen LogP contribution in [0, 0.1) is 19.8 Å². The Kier molecular flexibility index (Phi) is 5.03. The summed E-state index contributed by atoms with van der Waals surface area (Å²) in [5, 5.41) is 4.56. The number of piperidine rings is 1. The van der Waals surface area contributed by atoms with Crippen molar-refractivity contribution in [1.29, 1.82) is 0 Å². The number of carbonyl (C=O) groups excluding carboxylic acids is 2. The number of carbonyl (C=O) groups is 2. The minimum Gasteiger partial charge on any atom is -0.383 e. The molecule has 1 aromatic carbocycles. The third kappa shape index (κ3) is 3.63. The maximum Gasteiger partial charge on any atom is 0.248 e. The first kappa shape index (κ1) is 22.0. The molecule has 1 saturated heterocycles. The number of rotatable bonds is 4. The van der Waals surface area contributed by atoms with Gasteiger partial charge >= 0.3 is 0 Å². The second-order valence-electron chi connectivity index (χ2n) is 9.47. The normalized spacial score (nSPS) is 20.9. The molecule has 0 radical (unpaired) electrons. The Morgan fingerprint density at radius 3 is 2.83 bits per heavy atom. The van der Waals surface area contributed by atoms with Crippen molar-refractivity contribution < 1.29 is 9.59 Å². The average Bonchev–Trinajstić information content (AvgIpc) is 3.34. The quantitative estimate of drug-likeness (QED) is 0.387. The Morgan fingerprint density at radius 2 is 2.03 bits per heavy atom. The number of hydrogen-bond acceptors (Lipinski definition) is 6. The van der Waals surface area contributed by atoms with E-state index >= 15 is 0 Å². The number of anilines is 2. The van der Waals surface area contributed by atoms with Crippen molar-refractivity contribution in [2.75, 3.05) is 11.1 Å². The van der Waals surface area contributed by atoms with Crippen LogP contribution in [0.25, 0.3) is 21.9 Å². The molecule has 1 aliphatic carbocycles. The van der Waals surface area contributed by atoms with Gasteiger partial charge in [-0.1, -0.05) is 17.7 Å². The molecule has 35 heavy (non-hydrogen) atoms. The fraction of sp³-hybridized carbons (Fsp3) is 0.320. The summed E-state index contributed by atoms with van der Waals surface area (Å²) in [6, 6.07) is 9.05. The highest BCUT2D eigenvalue weighted by Crippen LogP contribution is 2.48. The van der Waals surface area contributed by atoms with Crippen molar-refractivity contribution in [3.63, 3.8) is 0 Å². The zero-order chi connectivity index (χ0) is 24.4. The third-order valence-corrected chi connectivity index (χ3v) is 7.49. The van der Waals surface area contributed by atoms with Crippen LogP contribution in [0.1, 0.15) is 24.0 Å². The average molecular weight is 534 g/mol. The predicted molar refractivity (Wildman–Crippen MR) is 137 cm³/mol. The van der Waals surface area contributed by atoms with Crippen LogP contribution in [0.15, 0.2) is 41.3 Å². The Morgan fingerprint density at radius 1 is 1.20 bits per heavy atom. The van der Waals surface area contributed by atoms with Gasteiger partial charge in [-0.05, 0) is 72.3 Å². The monoisotopic (exact) mass is 533 g/mol. The van der Waals surface area contributed by atoms with E-state index in [-0.39, 0.29) is 24.4 Å². The molecule has 3 aromatic heterocycles. The number of likely N-dealkylation sites (tertiary alicyclic amines) is 1. The van der Waals surface area contributed by atoms with E-state index in [9.17, 15) is 9.59 Å². The number of aromatic nitrogens is 4. The van der Waals surface area contributed by atoms with Crippen molar-refractivity contribution in [2.24, 2.45) is 5.92 Å². The van der Waals surface area contributed by atoms with Crippen molar-refractivity contribution in [3.8, 4) is 0 Å². The van der Waals surface area contributed by atoms with E-state index in [1.807, 2.05) is 24.5 Å². The maximum absolute atomic E-state index is 13.7. The molecular weight excluding hydrogens is 510 g/mol. The van der Waals surface area contributed by atoms with Crippen molar-refractivity contribution in [2.45, 2.75) is 45.3 Å². The number of nitrogens with zero attached hydrogens (tertiary/aromatic N) is 5. The summed E-state index contributed by atoms with van der Waals surface area (Å²) in [5.74, 6) is 0.895. The van der Waals surface area contributed by atoms with Gasteiger partial charge in [-0.25, -0.2) is 15.0 Å². The number of aryl methyl sites for hydroxylation is 2. The lowest BCUT2D eigenvalue weighted by Gasteiger charge is -2.27. The van der Waals surface area contributed by atoms with Gasteiger partial charge in [0.1, 0.15) is 40.8 Å². The second-order valence-corrected chi connectivity index (χ2v) is 10.3. The molecule has 4 heterocycles. The molecule has 178 valence electrons. The fourth-order valence-electron chi connectivity index (χ4n) is 5.57. The second kappa shape index (κ2) is 8.01. The standard InChI is InChI=1S/C25H24BrN7O2/c1-12-6-13(2)22-15(7-12)21-23(27)28-11-29-24(21)32(22)10-20(34)33-16-8-14(16)9-17(33)25(35)31-19-5-3-4-18(26)30-19/h3-7,11,14,16-17H,8-10H2,1-2H3,(H2,27,28,29)(H,30,31,35)/t14-,16-,17+/m1/s1. The lowest BCUT2D eigenvalue weighted by atomic mass is 10.1. The first-order valence-corrected chi connectivity index (χ1v) is 12.4. The number of halogens is 1. The van der Waals surface area contributed by atoms with Crippen LogP contribution >= 0.6 is 15.9 Å². The van der Waals surface area contributed by atoms with Crippen molar-refractivity contribution >= 4 is 61.3 Å². The lowest BCUT2D eigenvalue weighted by molar-refractivity contribution is -0.138. The number of nitrogen functional groups attached to an aromatic ring is 1. The van der Waals surface area contributed by atoms with Crippen LogP contribution in [0.2, 0.25) is 0 Å². The molecule has 4 aromatic rings. The van der Waals surface area contributed by atoms with Crippen molar-refractivity contribution in [3.05, 3.63) is 52.4 Å². The summed E-state index contributed by atoms with van der Waals surface area (Å²) in [6.07, 6.45) is 3.02. The van der Waals surface area contributed by atoms with Crippen LogP contribution in [0.3, 0.4) is 0 Å². The highest BCUT2D eigenvalue weighted by atomic mass is 79.9. The zero-order valence-corrected chi connectivity index (χ0v) is 20.9. The largest absolute Gasteiger partial charge is 0.383 e. The highest BCUT2D eigenvalue weighted by molar-refractivity contribution is 9.10. The molecule has 6 rings (SSSR count). The van der Waals surface area contributed by atoms with Gasteiger partial charge in [0.15, 0.2) is 0 Å². The summed E-state index contributed by atoms with van der Waals surface area (Å²) < 4.78 is 2.55. The summed E-state index contributed by atoms with van der Waals surface area (Å²) in [4.78, 5) is 41.6. The molecule has 1 saturated carbocycles. The van der Waals surface area contributed by atoms with E-state index in [2.05, 4.69) is 48.3 Å². The Hall–Kier alpha value is -3.53. The van der Waals surface area contributed by atoms with Gasteiger partial charge < -0.3 is 20.5 Å². The van der Waals surface area contributed by atoms with E-state index < -0.39 is 6.04 Å². The number of benzene rings is 1. The molecule has 9 nitrogen and oxygen atoms in total. The Balaban J connectivity index is 1.35. The SMILES string of the molecule is Cc1cc(C)c2c(c1)c1c(N)ncnc1n2CC(=O)N1[C@@H]2C[C@@H]2C[C@H]1C(=O)Nc1cccc(Br)n1. The van der Waals surface area contributed by atoms with Crippen LogP contribution in [-0.2, 0) is 16.1 Å². The summed E-state index contributed by atoms with van der Waals surface area (Å²) in [5.41, 5.74) is 9.91. The third-order valence-electron chi connectivity index (χ3n) is 7.05. The van der Waals surface area contributed by atoms with Gasteiger partial charge in [-0.15, -0.1) is 0 Å². The van der Waals surface area contributed by atoms with E-state index in [1.54, 1.807) is 17.0 Å². The lowest BCUT2D eigenvalue weighted by Crippen LogP contribution is -2.46. The molecule has 0 bridgehead atoms. The Bertz CT molecular complexity index is 1530. The number of hydrogen-bond donors (Lipinski definition) is 2. The van der Waals surface area contributed by atoms with Gasteiger partial charge in [0.05, 0.1) is 10.9 Å². The van der Waals surface area contributed by atoms with E-state index in [4.69, 9.17) is 5.73 Å². The van der Waals surface area contributed by atoms with E-state index in [0.717, 1.165) is 33.8 Å². The molecular formula is C25H24BrN7O2. The smallest absolute Gasteiger partial charge is 0.248 e. The number of pyridine rings is 1. The van der Waals surface area contributed by atoms with Gasteiger partial charge in [-0.2, -0.15) is 0 Å². The first-order chi connectivity index (χ1) is 16.8. The van der Waals surface area contributed by atoms with Crippen LogP contribution in [0.5, 0.6) is 0 Å². The predicted octanol–water partition coefficient (Wildman–Crippen LogP) is 3.57. The maximum atomic E-state index is 13.7. The molecule has 1 aliphatic heterocycles. The molecule has 2 fully saturated rings. The van der Waals surface area contributed by atoms with Crippen LogP contribution in [0.4, 0.5) is 11.6 Å². The van der Waals surface area contributed by atoms with Gasteiger partial charge in [0.2, 0.25) is 11.8 Å². The van der Waals surface area contributed by atoms with Gasteiger partial charge in [0.25, 0.3) is 0 Å². The summed E-state index contributed by atoms with van der Waals surface area (Å²) in [7, 11) is 0. The topological polar surface area (TPSA) is 119 Å². The van der Waals surface area contributed by atoms with Crippen LogP contribution < -0.4 is 11.1 Å². The summed E-state index contributed by atoms with van der Waals surface area (Å²) >= 11 is 3.33. The molecule has 0 unspecified atom stereocenters. The Labute approximate surface area is 209 Å². The number of nitrogens with two attached hydrogens (primary N) is 1. The fourth-order valence-corrected chi connectivity index (χ4v) is 5.92. The van der Waals surface area contributed by atoms with E-state index in [0.29, 0.717) is 34.2 Å². The van der Waals surface area contributed by atoms with Crippen LogP contribution in [-0.4, -0.2) is 48.3 Å². The minimum absolute atomic E-state index is 0.0719. The number of nitrogens with one attached hydrogen (secondary N) is 1. The highest BCUT2D eigenvalue weighted by Gasteiger charge is 2.56. The molecule has 2 amide bonds. The zero-order valence-electron chi connectivity index (χ0n) is 19.3. The minimum atomic E-state index is -0.525. The molecule has 0 spiro atoms. The number of fused-ring (bicyclic) bond motifs is 4. The summed E-state index contributed by atoms with van der Waals surface area (Å²) in [6.45, 7) is 4.12. The number of amides is 2. The van der Waals surface area contributed by atoms with Gasteiger partial charge in [-0.3, -0.25) is 9.59 Å². The van der Waals surface area contributed by atoms with Crippen molar-refractivity contribution in [1.82, 2.24) is 24.4 Å². The van der Waals surface area contributed by atoms with E-state index in [1.165, 1.54) is 6.33 Å². The molecule has 3 atom stereocenters. The molecule has 2 aliphatic rings.